The van der Waals surface area contributed by atoms with Crippen molar-refractivity contribution in [2.45, 2.75) is 39.0 Å². The van der Waals surface area contributed by atoms with Crippen LogP contribution in [0.15, 0.2) is 0 Å². The molecule has 0 aromatic heterocycles. The van der Waals surface area contributed by atoms with Crippen molar-refractivity contribution in [3.8, 4) is 0 Å². The number of hydroxylamine groups is 1. The normalized spacial score (nSPS) is 9.57. The van der Waals surface area contributed by atoms with Gasteiger partial charge in [-0.05, 0) is 6.42 Å². The fourth-order valence-corrected chi connectivity index (χ4v) is 0.995. The fraction of sp³-hybridized carbons (Fsp3) is 0.778. The van der Waals surface area contributed by atoms with Gasteiger partial charge >= 0.3 is 0 Å². The first-order chi connectivity index (χ1) is 6.70. The number of unbranched alkanes of at least 4 members (excludes halogenated alkanes) is 2. The van der Waals surface area contributed by atoms with E-state index in [1.54, 1.807) is 0 Å². The van der Waals surface area contributed by atoms with E-state index in [9.17, 15) is 9.59 Å². The van der Waals surface area contributed by atoms with Crippen molar-refractivity contribution in [3.05, 3.63) is 0 Å². The molecule has 0 aliphatic carbocycles. The number of hydrogen-bond donors (Lipinski definition) is 3. The van der Waals surface area contributed by atoms with E-state index in [0.717, 1.165) is 19.3 Å². The predicted octanol–water partition coefficient (Wildman–Crippen LogP) is 0.578. The average molecular weight is 202 g/mol. The third-order valence-corrected chi connectivity index (χ3v) is 1.81. The molecule has 0 bridgehead atoms. The van der Waals surface area contributed by atoms with Crippen LogP contribution >= 0.6 is 0 Å². The molecule has 0 fully saturated rings. The van der Waals surface area contributed by atoms with Gasteiger partial charge in [0, 0.05) is 19.4 Å². The number of amides is 2. The topological polar surface area (TPSA) is 78.4 Å². The molecule has 0 atom stereocenters. The fourth-order valence-electron chi connectivity index (χ4n) is 0.995. The molecule has 0 rings (SSSR count). The zero-order chi connectivity index (χ0) is 10.8. The van der Waals surface area contributed by atoms with Crippen LogP contribution in [-0.2, 0) is 9.59 Å². The minimum Gasteiger partial charge on any atom is -0.356 e. The van der Waals surface area contributed by atoms with Gasteiger partial charge < -0.3 is 5.32 Å². The van der Waals surface area contributed by atoms with Gasteiger partial charge in [-0.2, -0.15) is 0 Å². The lowest BCUT2D eigenvalue weighted by Crippen LogP contribution is -2.29. The molecule has 2 amide bonds. The second-order valence-electron chi connectivity index (χ2n) is 3.09. The number of carbonyl (C=O) groups excluding carboxylic acids is 2. The van der Waals surface area contributed by atoms with Crippen molar-refractivity contribution in [1.29, 1.82) is 0 Å². The van der Waals surface area contributed by atoms with E-state index < -0.39 is 5.91 Å². The van der Waals surface area contributed by atoms with Crippen LogP contribution in [0.2, 0.25) is 0 Å². The molecule has 3 N–H and O–H groups in total. The van der Waals surface area contributed by atoms with Gasteiger partial charge in [-0.25, -0.2) is 5.48 Å². The summed E-state index contributed by atoms with van der Waals surface area (Å²) in [6.07, 6.45) is 3.63. The highest BCUT2D eigenvalue weighted by Crippen LogP contribution is 1.97. The molecule has 5 nitrogen and oxygen atoms in total. The lowest BCUT2D eigenvalue weighted by molar-refractivity contribution is -0.129. The van der Waals surface area contributed by atoms with E-state index in [1.165, 1.54) is 5.48 Å². The Morgan fingerprint density at radius 3 is 2.43 bits per heavy atom. The van der Waals surface area contributed by atoms with Gasteiger partial charge in [-0.3, -0.25) is 14.8 Å². The maximum atomic E-state index is 11.1. The highest BCUT2D eigenvalue weighted by atomic mass is 16.5. The second kappa shape index (κ2) is 8.50. The Morgan fingerprint density at radius 2 is 1.86 bits per heavy atom. The summed E-state index contributed by atoms with van der Waals surface area (Å²) in [7, 11) is 0. The standard InChI is InChI=1S/C9H18N2O3/c1-2-3-4-5-8(12)10-7-6-9(13)11-14/h14H,2-7H2,1H3,(H,10,12)(H,11,13). The molecule has 0 aliphatic heterocycles. The van der Waals surface area contributed by atoms with Gasteiger partial charge in [-0.1, -0.05) is 19.8 Å². The Bertz CT molecular complexity index is 183. The zero-order valence-corrected chi connectivity index (χ0v) is 8.51. The summed E-state index contributed by atoms with van der Waals surface area (Å²) in [6.45, 7) is 2.35. The Labute approximate surface area is 83.8 Å². The van der Waals surface area contributed by atoms with Gasteiger partial charge in [-0.15, -0.1) is 0 Å². The zero-order valence-electron chi connectivity index (χ0n) is 8.51. The summed E-state index contributed by atoms with van der Waals surface area (Å²) in [5, 5.41) is 10.8. The molecule has 0 spiro atoms. The van der Waals surface area contributed by atoms with E-state index in [-0.39, 0.29) is 18.9 Å². The van der Waals surface area contributed by atoms with Crippen LogP contribution < -0.4 is 10.8 Å². The third kappa shape index (κ3) is 7.54. The summed E-state index contributed by atoms with van der Waals surface area (Å²) in [4.78, 5) is 21.6. The lowest BCUT2D eigenvalue weighted by Gasteiger charge is -2.03. The van der Waals surface area contributed by atoms with Crippen LogP contribution in [0.25, 0.3) is 0 Å². The minimum atomic E-state index is -0.487. The van der Waals surface area contributed by atoms with Gasteiger partial charge in [0.05, 0.1) is 0 Å². The SMILES string of the molecule is CCCCCC(=O)NCCC(=O)NO. The highest BCUT2D eigenvalue weighted by Gasteiger charge is 2.02. The van der Waals surface area contributed by atoms with Crippen LogP contribution in [0.5, 0.6) is 0 Å². The first kappa shape index (κ1) is 12.9. The molecule has 0 aromatic carbocycles. The quantitative estimate of drug-likeness (QED) is 0.321. The van der Waals surface area contributed by atoms with Crippen molar-refractivity contribution in [2.24, 2.45) is 0 Å². The average Bonchev–Trinajstić information content (AvgIpc) is 2.18. The summed E-state index contributed by atoms with van der Waals surface area (Å²) in [6, 6.07) is 0. The van der Waals surface area contributed by atoms with E-state index in [0.29, 0.717) is 6.42 Å². The van der Waals surface area contributed by atoms with E-state index >= 15 is 0 Å². The third-order valence-electron chi connectivity index (χ3n) is 1.81. The van der Waals surface area contributed by atoms with Crippen molar-refractivity contribution in [2.75, 3.05) is 6.54 Å². The first-order valence-corrected chi connectivity index (χ1v) is 4.90. The minimum absolute atomic E-state index is 0.0378. The van der Waals surface area contributed by atoms with Crippen molar-refractivity contribution < 1.29 is 14.8 Å². The second-order valence-corrected chi connectivity index (χ2v) is 3.09. The molecule has 14 heavy (non-hydrogen) atoms. The van der Waals surface area contributed by atoms with Gasteiger partial charge in [0.15, 0.2) is 0 Å². The van der Waals surface area contributed by atoms with Gasteiger partial charge in [0.1, 0.15) is 0 Å². The molecule has 5 heteroatoms. The Hall–Kier alpha value is -1.10. The van der Waals surface area contributed by atoms with Crippen LogP contribution in [-0.4, -0.2) is 23.6 Å². The predicted molar refractivity (Wildman–Crippen MR) is 51.7 cm³/mol. The number of nitrogens with one attached hydrogen (secondary N) is 2. The molecule has 82 valence electrons. The summed E-state index contributed by atoms with van der Waals surface area (Å²) >= 11 is 0. The van der Waals surface area contributed by atoms with E-state index in [2.05, 4.69) is 12.2 Å². The monoisotopic (exact) mass is 202 g/mol. The molecule has 0 saturated carbocycles. The number of carbonyl (C=O) groups is 2. The van der Waals surface area contributed by atoms with Crippen LogP contribution in [0.4, 0.5) is 0 Å². The number of hydrogen-bond acceptors (Lipinski definition) is 3. The number of rotatable bonds is 7. The molecule has 0 heterocycles. The van der Waals surface area contributed by atoms with Crippen molar-refractivity contribution >= 4 is 11.8 Å². The highest BCUT2D eigenvalue weighted by molar-refractivity contribution is 5.78. The molecule has 0 radical (unpaired) electrons. The van der Waals surface area contributed by atoms with Crippen LogP contribution in [0.1, 0.15) is 39.0 Å². The first-order valence-electron chi connectivity index (χ1n) is 4.90. The van der Waals surface area contributed by atoms with Crippen molar-refractivity contribution in [1.82, 2.24) is 10.8 Å². The van der Waals surface area contributed by atoms with Crippen LogP contribution in [0, 0.1) is 0 Å². The summed E-state index contributed by atoms with van der Waals surface area (Å²) in [5.74, 6) is -0.525. The largest absolute Gasteiger partial charge is 0.356 e. The Balaban J connectivity index is 3.31. The molecule has 0 aromatic rings. The van der Waals surface area contributed by atoms with E-state index in [1.807, 2.05) is 0 Å². The molecule has 0 saturated heterocycles. The smallest absolute Gasteiger partial charge is 0.245 e. The van der Waals surface area contributed by atoms with Crippen molar-refractivity contribution in [3.63, 3.8) is 0 Å². The summed E-state index contributed by atoms with van der Waals surface area (Å²) < 4.78 is 0. The van der Waals surface area contributed by atoms with Crippen LogP contribution in [0.3, 0.4) is 0 Å². The Kier molecular flexibility index (Phi) is 7.83. The molecule has 0 aliphatic rings. The molecular weight excluding hydrogens is 184 g/mol. The van der Waals surface area contributed by atoms with E-state index in [4.69, 9.17) is 5.21 Å². The van der Waals surface area contributed by atoms with Gasteiger partial charge in [0.25, 0.3) is 0 Å². The lowest BCUT2D eigenvalue weighted by atomic mass is 10.2. The summed E-state index contributed by atoms with van der Waals surface area (Å²) in [5.41, 5.74) is 1.50. The Morgan fingerprint density at radius 1 is 1.14 bits per heavy atom. The maximum absolute atomic E-state index is 11.1. The van der Waals surface area contributed by atoms with Gasteiger partial charge in [0.2, 0.25) is 11.8 Å². The maximum Gasteiger partial charge on any atom is 0.245 e. The molecular formula is C9H18N2O3. The molecule has 0 unspecified atom stereocenters.